The fourth-order valence-corrected chi connectivity index (χ4v) is 3.82. The number of aromatic nitrogens is 2. The lowest BCUT2D eigenvalue weighted by Crippen LogP contribution is -2.46. The first kappa shape index (κ1) is 14.6. The number of anilines is 1. The molecule has 0 radical (unpaired) electrons. The lowest BCUT2D eigenvalue weighted by atomic mass is 9.87. The van der Waals surface area contributed by atoms with Crippen molar-refractivity contribution in [3.8, 4) is 0 Å². The van der Waals surface area contributed by atoms with Crippen molar-refractivity contribution < 1.29 is 4.74 Å². The van der Waals surface area contributed by atoms with Crippen LogP contribution in [-0.4, -0.2) is 35.5 Å². The highest BCUT2D eigenvalue weighted by molar-refractivity contribution is 5.93. The van der Waals surface area contributed by atoms with E-state index in [0.717, 1.165) is 50.5 Å². The highest BCUT2D eigenvalue weighted by Crippen LogP contribution is 2.35. The quantitative estimate of drug-likeness (QED) is 0.754. The number of hydrogen-bond donors (Lipinski definition) is 0. The first-order valence-electron chi connectivity index (χ1n) is 8.46. The Kier molecular flexibility index (Phi) is 3.57. The lowest BCUT2D eigenvalue weighted by Gasteiger charge is -2.42. The van der Waals surface area contributed by atoms with E-state index in [2.05, 4.69) is 52.4 Å². The van der Waals surface area contributed by atoms with Crippen LogP contribution in [0.15, 0.2) is 35.9 Å². The Hall–Kier alpha value is -1.94. The number of fused-ring (bicyclic) bond motifs is 1. The van der Waals surface area contributed by atoms with E-state index in [9.17, 15) is 0 Å². The fraction of sp³-hybridized carbons (Fsp3) is 0.474. The van der Waals surface area contributed by atoms with Crippen molar-refractivity contribution >= 4 is 16.6 Å². The molecule has 4 rings (SSSR count). The number of rotatable bonds is 1. The Labute approximate surface area is 137 Å². The third-order valence-corrected chi connectivity index (χ3v) is 5.16. The number of ether oxygens (including phenoxy) is 1. The van der Waals surface area contributed by atoms with Crippen LogP contribution in [0, 0.1) is 6.92 Å². The molecule has 3 heterocycles. The highest BCUT2D eigenvalue weighted by atomic mass is 16.5. The molecule has 2 aliphatic heterocycles. The molecule has 0 N–H and O–H groups in total. The van der Waals surface area contributed by atoms with Crippen LogP contribution in [0.1, 0.15) is 31.9 Å². The van der Waals surface area contributed by atoms with Crippen LogP contribution in [0.5, 0.6) is 0 Å². The number of benzene rings is 1. The number of nitrogens with zero attached hydrogens (tertiary/aromatic N) is 3. The van der Waals surface area contributed by atoms with Crippen LogP contribution in [0.25, 0.3) is 10.8 Å². The van der Waals surface area contributed by atoms with Gasteiger partial charge >= 0.3 is 0 Å². The molecule has 120 valence electrons. The van der Waals surface area contributed by atoms with Gasteiger partial charge in [-0.3, -0.25) is 0 Å². The first-order chi connectivity index (χ1) is 11.2. The Bertz CT molecular complexity index is 760. The SMILES string of the molecule is CC1=CC2(CCN(c3nnc(C)c4ccccc34)CC2)OCC1. The van der Waals surface area contributed by atoms with Gasteiger partial charge in [0.1, 0.15) is 0 Å². The maximum absolute atomic E-state index is 6.13. The summed E-state index contributed by atoms with van der Waals surface area (Å²) < 4.78 is 6.13. The fourth-order valence-electron chi connectivity index (χ4n) is 3.82. The second-order valence-electron chi connectivity index (χ2n) is 6.80. The Morgan fingerprint density at radius 3 is 2.52 bits per heavy atom. The van der Waals surface area contributed by atoms with Crippen LogP contribution in [0.3, 0.4) is 0 Å². The van der Waals surface area contributed by atoms with E-state index >= 15 is 0 Å². The van der Waals surface area contributed by atoms with Crippen molar-refractivity contribution in [2.75, 3.05) is 24.6 Å². The minimum Gasteiger partial charge on any atom is -0.370 e. The molecule has 0 amide bonds. The first-order valence-corrected chi connectivity index (χ1v) is 8.46. The molecule has 2 aromatic rings. The van der Waals surface area contributed by atoms with Gasteiger partial charge in [0.05, 0.1) is 17.9 Å². The topological polar surface area (TPSA) is 38.2 Å². The second kappa shape index (κ2) is 5.60. The molecule has 23 heavy (non-hydrogen) atoms. The van der Waals surface area contributed by atoms with Gasteiger partial charge in [-0.05, 0) is 33.1 Å². The molecule has 1 spiro atoms. The predicted octanol–water partition coefficient (Wildman–Crippen LogP) is 3.64. The predicted molar refractivity (Wildman–Crippen MR) is 92.8 cm³/mol. The van der Waals surface area contributed by atoms with E-state index < -0.39 is 0 Å². The van der Waals surface area contributed by atoms with Gasteiger partial charge < -0.3 is 9.64 Å². The molecule has 2 aliphatic rings. The molecule has 0 saturated carbocycles. The van der Waals surface area contributed by atoms with E-state index in [1.807, 2.05) is 6.92 Å². The Morgan fingerprint density at radius 2 is 1.78 bits per heavy atom. The lowest BCUT2D eigenvalue weighted by molar-refractivity contribution is -0.0326. The summed E-state index contributed by atoms with van der Waals surface area (Å²) in [5.74, 6) is 1.01. The van der Waals surface area contributed by atoms with E-state index in [1.54, 1.807) is 0 Å². The van der Waals surface area contributed by atoms with Crippen LogP contribution in [0.2, 0.25) is 0 Å². The average Bonchev–Trinajstić information content (AvgIpc) is 2.57. The number of aryl methyl sites for hydroxylation is 1. The molecule has 4 nitrogen and oxygen atoms in total. The van der Waals surface area contributed by atoms with Crippen molar-refractivity contribution in [2.45, 2.75) is 38.7 Å². The molecule has 1 fully saturated rings. The van der Waals surface area contributed by atoms with Gasteiger partial charge in [0.2, 0.25) is 0 Å². The molecular formula is C19H23N3O. The van der Waals surface area contributed by atoms with Crippen LogP contribution >= 0.6 is 0 Å². The van der Waals surface area contributed by atoms with Gasteiger partial charge in [-0.25, -0.2) is 0 Å². The smallest absolute Gasteiger partial charge is 0.159 e. The molecule has 4 heteroatoms. The highest BCUT2D eigenvalue weighted by Gasteiger charge is 2.36. The van der Waals surface area contributed by atoms with Crippen LogP contribution in [-0.2, 0) is 4.74 Å². The van der Waals surface area contributed by atoms with Crippen molar-refractivity contribution in [1.82, 2.24) is 10.2 Å². The molecule has 0 bridgehead atoms. The molecular weight excluding hydrogens is 286 g/mol. The van der Waals surface area contributed by atoms with Crippen LogP contribution in [0.4, 0.5) is 5.82 Å². The standard InChI is InChI=1S/C19H23N3O/c1-14-7-12-23-19(13-14)8-10-22(11-9-19)18-17-6-4-3-5-16(17)15(2)20-21-18/h3-6,13H,7-12H2,1-2H3. The number of hydrogen-bond acceptors (Lipinski definition) is 4. The summed E-state index contributed by atoms with van der Waals surface area (Å²) in [7, 11) is 0. The van der Waals surface area contributed by atoms with Gasteiger partial charge in [0.25, 0.3) is 0 Å². The molecule has 1 saturated heterocycles. The molecule has 0 atom stereocenters. The van der Waals surface area contributed by atoms with E-state index in [4.69, 9.17) is 4.74 Å². The summed E-state index contributed by atoms with van der Waals surface area (Å²) in [4.78, 5) is 2.36. The third-order valence-electron chi connectivity index (χ3n) is 5.16. The minimum absolute atomic E-state index is 0.0488. The largest absolute Gasteiger partial charge is 0.370 e. The van der Waals surface area contributed by atoms with Crippen molar-refractivity contribution in [1.29, 1.82) is 0 Å². The van der Waals surface area contributed by atoms with Crippen molar-refractivity contribution in [3.63, 3.8) is 0 Å². The van der Waals surface area contributed by atoms with Gasteiger partial charge in [-0.1, -0.05) is 35.9 Å². The van der Waals surface area contributed by atoms with E-state index in [-0.39, 0.29) is 5.60 Å². The van der Waals surface area contributed by atoms with Gasteiger partial charge in [-0.15, -0.1) is 5.10 Å². The summed E-state index contributed by atoms with van der Waals surface area (Å²) in [6.07, 6.45) is 5.47. The number of piperidine rings is 1. The van der Waals surface area contributed by atoms with Crippen molar-refractivity contribution in [3.05, 3.63) is 41.6 Å². The monoisotopic (exact) mass is 309 g/mol. The third kappa shape index (κ3) is 2.61. The summed E-state index contributed by atoms with van der Waals surface area (Å²) in [6, 6.07) is 8.42. The molecule has 0 aliphatic carbocycles. The van der Waals surface area contributed by atoms with E-state index in [1.165, 1.54) is 16.3 Å². The molecule has 0 unspecified atom stereocenters. The minimum atomic E-state index is -0.0488. The summed E-state index contributed by atoms with van der Waals surface area (Å²) in [6.45, 7) is 7.02. The zero-order valence-corrected chi connectivity index (χ0v) is 13.9. The summed E-state index contributed by atoms with van der Waals surface area (Å²) in [5, 5.41) is 11.3. The van der Waals surface area contributed by atoms with Gasteiger partial charge in [0.15, 0.2) is 5.82 Å². The Balaban J connectivity index is 1.62. The second-order valence-corrected chi connectivity index (χ2v) is 6.80. The van der Waals surface area contributed by atoms with Gasteiger partial charge in [0, 0.05) is 23.9 Å². The zero-order valence-electron chi connectivity index (χ0n) is 13.9. The normalized spacial score (nSPS) is 20.8. The van der Waals surface area contributed by atoms with E-state index in [0.29, 0.717) is 0 Å². The van der Waals surface area contributed by atoms with Gasteiger partial charge in [-0.2, -0.15) is 5.10 Å². The summed E-state index contributed by atoms with van der Waals surface area (Å²) in [5.41, 5.74) is 2.41. The molecule has 1 aromatic heterocycles. The average molecular weight is 309 g/mol. The molecule has 1 aromatic carbocycles. The summed E-state index contributed by atoms with van der Waals surface area (Å²) >= 11 is 0. The van der Waals surface area contributed by atoms with Crippen molar-refractivity contribution in [2.24, 2.45) is 0 Å². The maximum atomic E-state index is 6.13. The maximum Gasteiger partial charge on any atom is 0.159 e. The Morgan fingerprint density at radius 1 is 1.04 bits per heavy atom. The zero-order chi connectivity index (χ0) is 15.9. The van der Waals surface area contributed by atoms with Crippen LogP contribution < -0.4 is 4.90 Å².